The summed E-state index contributed by atoms with van der Waals surface area (Å²) in [5, 5.41) is 18.1. The lowest BCUT2D eigenvalue weighted by molar-refractivity contribution is -0.141. The smallest absolute Gasteiger partial charge is 0.426 e. The van der Waals surface area contributed by atoms with Gasteiger partial charge in [-0.15, -0.1) is 0 Å². The number of hydrogen-bond donors (Lipinski definition) is 3. The van der Waals surface area contributed by atoms with Gasteiger partial charge in [0.05, 0.1) is 35.8 Å². The van der Waals surface area contributed by atoms with E-state index in [0.29, 0.717) is 25.1 Å². The Kier molecular flexibility index (Phi) is 8.68. The zero-order chi connectivity index (χ0) is 32.3. The van der Waals surface area contributed by atoms with E-state index < -0.39 is 17.8 Å². The Labute approximate surface area is 253 Å². The second kappa shape index (κ2) is 12.6. The summed E-state index contributed by atoms with van der Waals surface area (Å²) >= 11 is 0. The highest BCUT2D eigenvalue weighted by molar-refractivity contribution is 5.99. The predicted octanol–water partition coefficient (Wildman–Crippen LogP) is 2.27. The number of nitrogens with zero attached hydrogens (tertiary/aromatic N) is 7. The van der Waals surface area contributed by atoms with Crippen LogP contribution < -0.4 is 21.1 Å². The van der Waals surface area contributed by atoms with Crippen LogP contribution >= 0.6 is 0 Å². The first-order valence-corrected chi connectivity index (χ1v) is 13.7. The van der Waals surface area contributed by atoms with Gasteiger partial charge in [0.25, 0.3) is 12.4 Å². The first kappa shape index (κ1) is 30.9. The van der Waals surface area contributed by atoms with Crippen LogP contribution in [0.15, 0.2) is 36.9 Å². The lowest BCUT2D eigenvalue weighted by Crippen LogP contribution is -2.40. The molecule has 4 heterocycles. The standard InChI is InChI=1S/C28H27F3N10O4/c1-2-17-18(27(44)36-12-22(43)39-8-5-16(33)13-39)3-4-20(23(17)45-15-42)37-25-26-35-11-21(41(26)10-7-34-25)19-14-40(9-6-32)38-24(19)28(29,30)31/h3-4,7,10-11,14-16H,2,5,8-9,12-13,33H2,1H3,(H,34,37)(H,36,44)/t16-/m1/s1. The van der Waals surface area contributed by atoms with Crippen molar-refractivity contribution in [3.8, 4) is 23.1 Å². The van der Waals surface area contributed by atoms with E-state index in [1.165, 1.54) is 35.1 Å². The van der Waals surface area contributed by atoms with Gasteiger partial charge >= 0.3 is 6.18 Å². The number of fused-ring (bicyclic) bond motifs is 1. The maximum Gasteiger partial charge on any atom is 0.435 e. The summed E-state index contributed by atoms with van der Waals surface area (Å²) in [4.78, 5) is 47.2. The van der Waals surface area contributed by atoms with Gasteiger partial charge in [-0.2, -0.15) is 23.5 Å². The van der Waals surface area contributed by atoms with Gasteiger partial charge in [-0.1, -0.05) is 6.92 Å². The molecule has 5 rings (SSSR count). The van der Waals surface area contributed by atoms with Crippen LogP contribution in [-0.2, 0) is 28.7 Å². The largest absolute Gasteiger partial charge is 0.435 e. The zero-order valence-corrected chi connectivity index (χ0v) is 23.8. The van der Waals surface area contributed by atoms with E-state index in [4.69, 9.17) is 15.7 Å². The third-order valence-electron chi connectivity index (χ3n) is 7.22. The van der Waals surface area contributed by atoms with Crippen molar-refractivity contribution in [2.75, 3.05) is 25.0 Å². The first-order valence-electron chi connectivity index (χ1n) is 13.7. The number of rotatable bonds is 10. The number of likely N-dealkylation sites (tertiary alicyclic amines) is 1. The summed E-state index contributed by atoms with van der Waals surface area (Å²) in [5.41, 5.74) is 5.32. The topological polar surface area (TPSA) is 186 Å². The molecule has 234 valence electrons. The number of anilines is 2. The van der Waals surface area contributed by atoms with Crippen LogP contribution in [0.3, 0.4) is 0 Å². The zero-order valence-electron chi connectivity index (χ0n) is 23.8. The second-order valence-corrected chi connectivity index (χ2v) is 10.1. The molecule has 1 aliphatic heterocycles. The fourth-order valence-corrected chi connectivity index (χ4v) is 5.16. The Morgan fingerprint density at radius 2 is 2.09 bits per heavy atom. The SMILES string of the molecule is CCc1c(C(=O)NCC(=O)N2CC[C@@H](N)C2)ccc(Nc2nccn3c(-c4cn(CC#N)nc4C(F)(F)F)cnc23)c1OC=O. The average molecular weight is 625 g/mol. The van der Waals surface area contributed by atoms with Gasteiger partial charge in [-0.25, -0.2) is 9.97 Å². The number of nitrogens with one attached hydrogen (secondary N) is 2. The Bertz CT molecular complexity index is 1810. The molecule has 0 aliphatic carbocycles. The molecule has 45 heavy (non-hydrogen) atoms. The van der Waals surface area contributed by atoms with E-state index >= 15 is 0 Å². The number of carbonyl (C=O) groups is 3. The van der Waals surface area contributed by atoms with Gasteiger partial charge in [-0.05, 0) is 25.0 Å². The van der Waals surface area contributed by atoms with Gasteiger partial charge < -0.3 is 26.0 Å². The van der Waals surface area contributed by atoms with Crippen molar-refractivity contribution in [2.45, 2.75) is 38.5 Å². The maximum absolute atomic E-state index is 13.8. The van der Waals surface area contributed by atoms with E-state index in [2.05, 4.69) is 25.7 Å². The number of imidazole rings is 1. The molecule has 3 aromatic heterocycles. The summed E-state index contributed by atoms with van der Waals surface area (Å²) in [5.74, 6) is -0.701. The first-order chi connectivity index (χ1) is 21.5. The number of amides is 2. The molecule has 2 amide bonds. The summed E-state index contributed by atoms with van der Waals surface area (Å²) in [6.07, 6.45) is 1.23. The van der Waals surface area contributed by atoms with Crippen molar-refractivity contribution in [2.24, 2.45) is 5.73 Å². The van der Waals surface area contributed by atoms with Crippen molar-refractivity contribution in [1.29, 1.82) is 5.26 Å². The van der Waals surface area contributed by atoms with Gasteiger partial charge in [-0.3, -0.25) is 23.5 Å². The molecule has 4 N–H and O–H groups in total. The van der Waals surface area contributed by atoms with E-state index in [9.17, 15) is 27.6 Å². The number of benzene rings is 1. The van der Waals surface area contributed by atoms with E-state index in [0.717, 1.165) is 10.9 Å². The van der Waals surface area contributed by atoms with Crippen LogP contribution in [0, 0.1) is 11.3 Å². The Morgan fingerprint density at radius 3 is 2.76 bits per heavy atom. The van der Waals surface area contributed by atoms with Gasteiger partial charge in [0, 0.05) is 48.8 Å². The third-order valence-corrected chi connectivity index (χ3v) is 7.22. The molecular formula is C28H27F3N10O4. The fraction of sp³-hybridized carbons (Fsp3) is 0.321. The van der Waals surface area contributed by atoms with Gasteiger partial charge in [0.15, 0.2) is 22.9 Å². The van der Waals surface area contributed by atoms with E-state index in [1.807, 2.05) is 0 Å². The normalized spacial score (nSPS) is 14.8. The molecule has 1 aliphatic rings. The third kappa shape index (κ3) is 6.26. The summed E-state index contributed by atoms with van der Waals surface area (Å²) in [6, 6.07) is 4.62. The van der Waals surface area contributed by atoms with Crippen LogP contribution in [0.1, 0.15) is 35.0 Å². The molecule has 1 atom stereocenters. The molecule has 1 aromatic carbocycles. The number of alkyl halides is 3. The number of nitriles is 1. The molecule has 14 nitrogen and oxygen atoms in total. The number of hydrogen-bond acceptors (Lipinski definition) is 10. The highest BCUT2D eigenvalue weighted by Crippen LogP contribution is 2.38. The molecule has 1 saturated heterocycles. The molecule has 0 spiro atoms. The quantitative estimate of drug-likeness (QED) is 0.221. The monoisotopic (exact) mass is 624 g/mol. The lowest BCUT2D eigenvalue weighted by Gasteiger charge is -2.18. The Balaban J connectivity index is 1.45. The van der Waals surface area contributed by atoms with Gasteiger partial charge in [0.1, 0.15) is 6.54 Å². The average Bonchev–Trinajstić information content (AvgIpc) is 3.75. The molecular weight excluding hydrogens is 597 g/mol. The minimum atomic E-state index is -4.80. The summed E-state index contributed by atoms with van der Waals surface area (Å²) in [7, 11) is 0. The molecule has 0 saturated carbocycles. The number of nitrogens with two attached hydrogens (primary N) is 1. The Morgan fingerprint density at radius 1 is 1.29 bits per heavy atom. The fourth-order valence-electron chi connectivity index (χ4n) is 5.16. The highest BCUT2D eigenvalue weighted by Gasteiger charge is 2.38. The maximum atomic E-state index is 13.8. The van der Waals surface area contributed by atoms with E-state index in [1.54, 1.807) is 17.9 Å². The number of ether oxygens (including phenoxy) is 1. The molecule has 1 fully saturated rings. The molecule has 4 aromatic rings. The predicted molar refractivity (Wildman–Crippen MR) is 152 cm³/mol. The van der Waals surface area contributed by atoms with Crippen molar-refractivity contribution in [3.05, 3.63) is 53.7 Å². The minimum Gasteiger partial charge on any atom is -0.426 e. The van der Waals surface area contributed by atoms with Crippen LogP contribution in [0.4, 0.5) is 24.7 Å². The van der Waals surface area contributed by atoms with Gasteiger partial charge in [0.2, 0.25) is 5.91 Å². The lowest BCUT2D eigenvalue weighted by atomic mass is 10.0. The van der Waals surface area contributed by atoms with Crippen molar-refractivity contribution >= 4 is 35.4 Å². The van der Waals surface area contributed by atoms with Crippen molar-refractivity contribution < 1.29 is 32.3 Å². The molecule has 0 radical (unpaired) electrons. The van der Waals surface area contributed by atoms with Crippen molar-refractivity contribution in [3.63, 3.8) is 0 Å². The Hall–Kier alpha value is -5.50. The molecule has 0 bridgehead atoms. The number of aromatic nitrogens is 5. The van der Waals surface area contributed by atoms with Crippen molar-refractivity contribution in [1.82, 2.24) is 34.4 Å². The van der Waals surface area contributed by atoms with Crippen LogP contribution in [0.2, 0.25) is 0 Å². The number of carbonyl (C=O) groups excluding carboxylic acids is 3. The summed E-state index contributed by atoms with van der Waals surface area (Å²) < 4.78 is 48.9. The minimum absolute atomic E-state index is 0.0183. The highest BCUT2D eigenvalue weighted by atomic mass is 19.4. The van der Waals surface area contributed by atoms with Crippen LogP contribution in [0.5, 0.6) is 5.75 Å². The van der Waals surface area contributed by atoms with E-state index in [-0.39, 0.29) is 77.7 Å². The molecule has 0 unspecified atom stereocenters. The van der Waals surface area contributed by atoms with Crippen LogP contribution in [-0.4, -0.2) is 73.0 Å². The van der Waals surface area contributed by atoms with Crippen LogP contribution in [0.25, 0.3) is 16.9 Å². The number of halogens is 3. The molecule has 17 heteroatoms. The second-order valence-electron chi connectivity index (χ2n) is 10.1. The summed E-state index contributed by atoms with van der Waals surface area (Å²) in [6.45, 7) is 2.25.